The molecule has 0 bridgehead atoms. The maximum Gasteiger partial charge on any atom is 0.458 e. The molecule has 2 N–H and O–H groups in total. The van der Waals surface area contributed by atoms with Gasteiger partial charge in [0.2, 0.25) is 0 Å². The number of rotatable bonds is 4. The fourth-order valence-corrected chi connectivity index (χ4v) is 4.05. The average Bonchev–Trinajstić information content (AvgIpc) is 2.59. The lowest BCUT2D eigenvalue weighted by atomic mass is 9.80. The summed E-state index contributed by atoms with van der Waals surface area (Å²) in [6, 6.07) is 3.34. The van der Waals surface area contributed by atoms with E-state index in [9.17, 15) is 22.0 Å². The molecule has 1 aromatic rings. The van der Waals surface area contributed by atoms with Gasteiger partial charge in [-0.3, -0.25) is 4.90 Å². The Hall–Kier alpha value is -1.21. The van der Waals surface area contributed by atoms with Gasteiger partial charge in [-0.2, -0.15) is 22.0 Å². The lowest BCUT2D eigenvalue weighted by Gasteiger charge is -2.37. The first kappa shape index (κ1) is 19.5. The molecule has 0 unspecified atom stereocenters. The average molecular weight is 376 g/mol. The van der Waals surface area contributed by atoms with Gasteiger partial charge in [0.1, 0.15) is 0 Å². The Morgan fingerprint density at radius 1 is 1.00 bits per heavy atom. The predicted molar refractivity (Wildman–Crippen MR) is 90.0 cm³/mol. The van der Waals surface area contributed by atoms with Crippen LogP contribution in [-0.2, 0) is 18.9 Å². The van der Waals surface area contributed by atoms with Crippen LogP contribution in [0, 0.1) is 0 Å². The minimum atomic E-state index is -5.57. The molecule has 0 aromatic heterocycles. The highest BCUT2D eigenvalue weighted by Crippen LogP contribution is 2.44. The first-order chi connectivity index (χ1) is 12.1. The van der Waals surface area contributed by atoms with E-state index in [4.69, 9.17) is 5.73 Å². The Morgan fingerprint density at radius 3 is 2.35 bits per heavy atom. The first-order valence-electron chi connectivity index (χ1n) is 9.19. The van der Waals surface area contributed by atoms with Crippen molar-refractivity contribution in [1.82, 2.24) is 4.90 Å². The first-order valence-corrected chi connectivity index (χ1v) is 9.19. The summed E-state index contributed by atoms with van der Waals surface area (Å²) in [6.07, 6.45) is 1.44. The molecule has 146 valence electrons. The minimum absolute atomic E-state index is 0.114. The molecule has 7 heteroatoms. The number of fused-ring (bicyclic) bond motifs is 1. The van der Waals surface area contributed by atoms with Gasteiger partial charge in [-0.15, -0.1) is 0 Å². The maximum absolute atomic E-state index is 13.5. The normalized spacial score (nSPS) is 21.5. The Balaban J connectivity index is 1.64. The third-order valence-electron chi connectivity index (χ3n) is 5.79. The third kappa shape index (κ3) is 4.03. The van der Waals surface area contributed by atoms with Gasteiger partial charge in [0.15, 0.2) is 0 Å². The number of nitrogens with zero attached hydrogens (tertiary/aromatic N) is 1. The van der Waals surface area contributed by atoms with Crippen LogP contribution in [0.15, 0.2) is 18.2 Å². The molecule has 0 saturated heterocycles. The lowest BCUT2D eigenvalue weighted by molar-refractivity contribution is -0.289. The summed E-state index contributed by atoms with van der Waals surface area (Å²) >= 11 is 0. The van der Waals surface area contributed by atoms with Crippen LogP contribution < -0.4 is 5.73 Å². The van der Waals surface area contributed by atoms with E-state index in [1.807, 2.05) is 0 Å². The van der Waals surface area contributed by atoms with Crippen LogP contribution in [0.5, 0.6) is 0 Å². The van der Waals surface area contributed by atoms with Crippen molar-refractivity contribution in [3.05, 3.63) is 34.9 Å². The van der Waals surface area contributed by atoms with Crippen LogP contribution in [0.1, 0.15) is 55.2 Å². The van der Waals surface area contributed by atoms with Crippen LogP contribution in [0.2, 0.25) is 0 Å². The minimum Gasteiger partial charge on any atom is -0.325 e. The standard InChI is InChI=1S/C19H25F5N2/c20-18(21,19(22,23)24)16-5-4-15-13-26(10-6-14(15)12-16)11-9-17(25)7-2-1-3-8-17/h4-5,12H,1-3,6-11,13,25H2. The van der Waals surface area contributed by atoms with Crippen molar-refractivity contribution >= 4 is 0 Å². The molecule has 0 radical (unpaired) electrons. The molecule has 1 aliphatic heterocycles. The lowest BCUT2D eigenvalue weighted by Crippen LogP contribution is -2.45. The smallest absolute Gasteiger partial charge is 0.325 e. The van der Waals surface area contributed by atoms with Crippen molar-refractivity contribution in [3.8, 4) is 0 Å². The second-order valence-corrected chi connectivity index (χ2v) is 7.75. The van der Waals surface area contributed by atoms with Crippen LogP contribution in [0.4, 0.5) is 22.0 Å². The Labute approximate surface area is 150 Å². The second kappa shape index (κ2) is 7.08. The van der Waals surface area contributed by atoms with Crippen molar-refractivity contribution < 1.29 is 22.0 Å². The summed E-state index contributed by atoms with van der Waals surface area (Å²) in [5, 5.41) is 0. The Bertz CT molecular complexity index is 635. The molecule has 1 fully saturated rings. The molecule has 2 aliphatic rings. The van der Waals surface area contributed by atoms with Gasteiger partial charge in [-0.1, -0.05) is 31.4 Å². The molecular weight excluding hydrogens is 351 g/mol. The maximum atomic E-state index is 13.5. The Morgan fingerprint density at radius 2 is 1.69 bits per heavy atom. The van der Waals surface area contributed by atoms with Gasteiger partial charge in [-0.25, -0.2) is 0 Å². The van der Waals surface area contributed by atoms with Gasteiger partial charge >= 0.3 is 12.1 Å². The zero-order valence-electron chi connectivity index (χ0n) is 14.7. The molecule has 1 aliphatic carbocycles. The van der Waals surface area contributed by atoms with Crippen molar-refractivity contribution in [2.45, 2.75) is 69.1 Å². The monoisotopic (exact) mass is 376 g/mol. The fraction of sp³-hybridized carbons (Fsp3) is 0.684. The third-order valence-corrected chi connectivity index (χ3v) is 5.79. The number of benzene rings is 1. The molecule has 0 amide bonds. The van der Waals surface area contributed by atoms with Crippen molar-refractivity contribution in [3.63, 3.8) is 0 Å². The number of nitrogens with two attached hydrogens (primary N) is 1. The molecule has 1 aromatic carbocycles. The molecular formula is C19H25F5N2. The highest BCUT2D eigenvalue weighted by Gasteiger charge is 2.58. The summed E-state index contributed by atoms with van der Waals surface area (Å²) < 4.78 is 64.7. The molecule has 1 heterocycles. The number of hydrogen-bond donors (Lipinski definition) is 1. The topological polar surface area (TPSA) is 29.3 Å². The number of alkyl halides is 5. The quantitative estimate of drug-likeness (QED) is 0.769. The van der Waals surface area contributed by atoms with E-state index < -0.39 is 17.7 Å². The summed E-state index contributed by atoms with van der Waals surface area (Å²) in [4.78, 5) is 2.22. The van der Waals surface area contributed by atoms with E-state index in [1.54, 1.807) is 0 Å². The number of hydrogen-bond acceptors (Lipinski definition) is 2. The van der Waals surface area contributed by atoms with Crippen LogP contribution in [-0.4, -0.2) is 29.7 Å². The summed E-state index contributed by atoms with van der Waals surface area (Å²) in [5.74, 6) is -4.81. The van der Waals surface area contributed by atoms with Crippen LogP contribution in [0.3, 0.4) is 0 Å². The molecule has 3 rings (SSSR count). The van der Waals surface area contributed by atoms with E-state index in [2.05, 4.69) is 4.90 Å². The second-order valence-electron chi connectivity index (χ2n) is 7.75. The summed E-state index contributed by atoms with van der Waals surface area (Å²) in [7, 11) is 0. The predicted octanol–water partition coefficient (Wildman–Crippen LogP) is 4.75. The van der Waals surface area contributed by atoms with Gasteiger partial charge < -0.3 is 5.73 Å². The van der Waals surface area contributed by atoms with Crippen molar-refractivity contribution in [2.24, 2.45) is 5.73 Å². The van der Waals surface area contributed by atoms with Gasteiger partial charge in [0.05, 0.1) is 0 Å². The zero-order valence-corrected chi connectivity index (χ0v) is 14.7. The number of halogens is 5. The Kier molecular flexibility index (Phi) is 5.32. The van der Waals surface area contributed by atoms with E-state index in [0.717, 1.165) is 56.3 Å². The van der Waals surface area contributed by atoms with E-state index in [0.29, 0.717) is 25.1 Å². The van der Waals surface area contributed by atoms with E-state index in [-0.39, 0.29) is 5.54 Å². The van der Waals surface area contributed by atoms with Crippen LogP contribution >= 0.6 is 0 Å². The molecule has 2 nitrogen and oxygen atoms in total. The molecule has 1 saturated carbocycles. The SMILES string of the molecule is NC1(CCN2CCc3cc(C(F)(F)C(F)(F)F)ccc3C2)CCCCC1. The molecule has 26 heavy (non-hydrogen) atoms. The van der Waals surface area contributed by atoms with E-state index >= 15 is 0 Å². The van der Waals surface area contributed by atoms with Gasteiger partial charge in [0, 0.05) is 30.7 Å². The largest absolute Gasteiger partial charge is 0.458 e. The highest BCUT2D eigenvalue weighted by atomic mass is 19.4. The highest BCUT2D eigenvalue weighted by molar-refractivity contribution is 5.36. The van der Waals surface area contributed by atoms with Crippen molar-refractivity contribution in [1.29, 1.82) is 0 Å². The molecule has 0 atom stereocenters. The van der Waals surface area contributed by atoms with Crippen LogP contribution in [0.25, 0.3) is 0 Å². The van der Waals surface area contributed by atoms with Crippen molar-refractivity contribution in [2.75, 3.05) is 13.1 Å². The van der Waals surface area contributed by atoms with Gasteiger partial charge in [0.25, 0.3) is 0 Å². The summed E-state index contributed by atoms with van der Waals surface area (Å²) in [6.45, 7) is 2.06. The fourth-order valence-electron chi connectivity index (χ4n) is 4.05. The van der Waals surface area contributed by atoms with Gasteiger partial charge in [-0.05, 0) is 42.9 Å². The zero-order chi connectivity index (χ0) is 19.0. The van der Waals surface area contributed by atoms with E-state index in [1.165, 1.54) is 12.5 Å². The summed E-state index contributed by atoms with van der Waals surface area (Å²) in [5.41, 5.74) is 6.79. The molecule has 0 spiro atoms.